The van der Waals surface area contributed by atoms with Crippen molar-refractivity contribution in [2.75, 3.05) is 6.54 Å². The van der Waals surface area contributed by atoms with Crippen molar-refractivity contribution in [3.8, 4) is 22.6 Å². The van der Waals surface area contributed by atoms with Gasteiger partial charge in [0.05, 0.1) is 34.6 Å². The average Bonchev–Trinajstić information content (AvgIpc) is 3.32. The van der Waals surface area contributed by atoms with E-state index in [0.29, 0.717) is 24.6 Å². The van der Waals surface area contributed by atoms with Gasteiger partial charge < -0.3 is 19.9 Å². The number of hydrogen-bond acceptors (Lipinski definition) is 5. The molecule has 2 unspecified atom stereocenters. The van der Waals surface area contributed by atoms with Crippen molar-refractivity contribution in [3.63, 3.8) is 0 Å². The van der Waals surface area contributed by atoms with Crippen molar-refractivity contribution in [2.45, 2.75) is 84.1 Å². The van der Waals surface area contributed by atoms with Crippen molar-refractivity contribution in [1.82, 2.24) is 34.3 Å². The summed E-state index contributed by atoms with van der Waals surface area (Å²) in [5, 5.41) is 19.2. The molecular weight excluding hydrogens is 630 g/mol. The monoisotopic (exact) mass is 671 g/mol. The molecule has 3 amide bonds. The number of likely N-dealkylation sites (tertiary alicyclic amines) is 1. The minimum absolute atomic E-state index is 0.0305. The Balaban J connectivity index is 1.06. The Labute approximate surface area is 289 Å². The van der Waals surface area contributed by atoms with Crippen LogP contribution >= 0.6 is 0 Å². The molecule has 2 saturated carbocycles. The van der Waals surface area contributed by atoms with Gasteiger partial charge in [0.1, 0.15) is 11.3 Å². The number of nitrogens with one attached hydrogen (secondary N) is 1. The molecule has 256 valence electrons. The lowest BCUT2D eigenvalue weighted by Gasteiger charge is -2.40. The molecule has 2 bridgehead atoms. The molecule has 0 spiro atoms. The molecule has 2 N–H and O–H groups in total. The lowest BCUT2D eigenvalue weighted by molar-refractivity contribution is 0.0503. The van der Waals surface area contributed by atoms with Gasteiger partial charge in [0, 0.05) is 53.4 Å². The van der Waals surface area contributed by atoms with Crippen molar-refractivity contribution < 1.29 is 19.5 Å². The molecule has 2 aliphatic carbocycles. The zero-order valence-electron chi connectivity index (χ0n) is 28.8. The Bertz CT molecular complexity index is 2260. The van der Waals surface area contributed by atoms with Crippen LogP contribution in [0.2, 0.25) is 0 Å². The summed E-state index contributed by atoms with van der Waals surface area (Å²) in [5.41, 5.74) is 8.29. The van der Waals surface area contributed by atoms with Crippen LogP contribution in [0.3, 0.4) is 0 Å². The Morgan fingerprint density at radius 2 is 1.86 bits per heavy atom. The van der Waals surface area contributed by atoms with Crippen molar-refractivity contribution in [2.24, 2.45) is 11.8 Å². The summed E-state index contributed by atoms with van der Waals surface area (Å²) in [7, 11) is 0. The highest BCUT2D eigenvalue weighted by Gasteiger charge is 2.54. The number of aromatic nitrogens is 4. The first-order valence-corrected chi connectivity index (χ1v) is 17.7. The molecule has 11 heteroatoms. The smallest absolute Gasteiger partial charge is 0.408 e. The first-order valence-electron chi connectivity index (χ1n) is 17.7. The van der Waals surface area contributed by atoms with Crippen LogP contribution in [0.1, 0.15) is 78.3 Å². The molecule has 3 fully saturated rings. The second-order valence-corrected chi connectivity index (χ2v) is 15.6. The second-order valence-electron chi connectivity index (χ2n) is 15.6. The summed E-state index contributed by atoms with van der Waals surface area (Å²) in [5.74, 6) is 0.623. The number of piperidine rings is 1. The van der Waals surface area contributed by atoms with Crippen molar-refractivity contribution in [1.29, 1.82) is 0 Å². The quantitative estimate of drug-likeness (QED) is 0.217. The predicted molar refractivity (Wildman–Crippen MR) is 189 cm³/mol. The minimum Gasteiger partial charge on any atom is -0.465 e. The number of carbonyl (C=O) groups excluding carboxylic acids is 2. The number of carboxylic acid groups (broad SMARTS) is 1. The van der Waals surface area contributed by atoms with Crippen molar-refractivity contribution >= 4 is 34.5 Å². The SMILES string of the molecule is Cc1c(-c2cc3ccc(-c4ccc5c(c4)CNC5=O)nc3n2CC2CC2)nn2cc(C(=O)N3CC4CCC3[C@@H]4N(C(=O)O)C(C)(C)C)ccc12. The van der Waals surface area contributed by atoms with Gasteiger partial charge in [0.25, 0.3) is 11.8 Å². The number of benzene rings is 1. The largest absolute Gasteiger partial charge is 0.465 e. The minimum atomic E-state index is -0.932. The first kappa shape index (κ1) is 30.8. The van der Waals surface area contributed by atoms with Gasteiger partial charge in [0.15, 0.2) is 0 Å². The first-order chi connectivity index (χ1) is 24.0. The van der Waals surface area contributed by atoms with E-state index in [0.717, 1.165) is 75.3 Å². The Hall–Kier alpha value is -5.19. The third-order valence-electron chi connectivity index (χ3n) is 11.4. The van der Waals surface area contributed by atoms with E-state index in [1.165, 1.54) is 12.8 Å². The van der Waals surface area contributed by atoms with Crippen LogP contribution in [0, 0.1) is 18.8 Å². The summed E-state index contributed by atoms with van der Waals surface area (Å²) >= 11 is 0. The summed E-state index contributed by atoms with van der Waals surface area (Å²) in [4.78, 5) is 47.2. The molecule has 1 aromatic carbocycles. The van der Waals surface area contributed by atoms with Gasteiger partial charge in [-0.1, -0.05) is 6.07 Å². The van der Waals surface area contributed by atoms with E-state index in [1.54, 1.807) is 4.90 Å². The number of hydrogen-bond donors (Lipinski definition) is 2. The second kappa shape index (κ2) is 10.9. The highest BCUT2D eigenvalue weighted by Crippen LogP contribution is 2.44. The van der Waals surface area contributed by atoms with Crippen LogP contribution in [-0.2, 0) is 13.1 Å². The van der Waals surface area contributed by atoms with Crippen LogP contribution in [-0.4, -0.2) is 76.1 Å². The Morgan fingerprint density at radius 3 is 2.62 bits per heavy atom. The van der Waals surface area contributed by atoms with Gasteiger partial charge in [-0.05, 0) is 113 Å². The third kappa shape index (κ3) is 4.80. The molecule has 9 rings (SSSR count). The van der Waals surface area contributed by atoms with Crippen LogP contribution in [0.25, 0.3) is 39.2 Å². The molecule has 1 saturated heterocycles. The highest BCUT2D eigenvalue weighted by molar-refractivity contribution is 5.99. The summed E-state index contributed by atoms with van der Waals surface area (Å²) in [6.45, 7) is 9.80. The zero-order chi connectivity index (χ0) is 34.6. The van der Waals surface area contributed by atoms with Gasteiger partial charge in [-0.3, -0.25) is 14.5 Å². The Morgan fingerprint density at radius 1 is 1.04 bits per heavy atom. The number of pyridine rings is 2. The molecular formula is C39H41N7O4. The zero-order valence-corrected chi connectivity index (χ0v) is 28.8. The molecule has 6 heterocycles. The summed E-state index contributed by atoms with van der Waals surface area (Å²) in [6, 6.07) is 15.8. The van der Waals surface area contributed by atoms with Crippen LogP contribution < -0.4 is 5.32 Å². The molecule has 2 aliphatic heterocycles. The van der Waals surface area contributed by atoms with Gasteiger partial charge in [-0.2, -0.15) is 5.10 Å². The maximum absolute atomic E-state index is 14.0. The van der Waals surface area contributed by atoms with E-state index in [-0.39, 0.29) is 29.8 Å². The maximum atomic E-state index is 14.0. The highest BCUT2D eigenvalue weighted by atomic mass is 16.4. The fourth-order valence-corrected chi connectivity index (χ4v) is 8.77. The molecule has 0 radical (unpaired) electrons. The number of aryl methyl sites for hydroxylation is 1. The fourth-order valence-electron chi connectivity index (χ4n) is 8.77. The molecule has 5 aromatic rings. The standard InChI is InChI=1S/C39H41N7O4/c1-21-30-13-10-26(37(48)44-19-25-9-14-31(44)34(25)46(38(49)50)39(2,3)4)20-45(30)42-33(21)32-16-24-8-12-29(41-35(24)43(32)18-22-5-6-22)23-7-11-28-27(15-23)17-40-36(28)47/h7-8,10-13,15-16,20,22,25,31,34H,5-6,9,14,17-19H2,1-4H3,(H,40,47)(H,49,50)/t25?,31?,34-/m1/s1. The predicted octanol–water partition coefficient (Wildman–Crippen LogP) is 6.36. The van der Waals surface area contributed by atoms with Gasteiger partial charge in [0.2, 0.25) is 0 Å². The average molecular weight is 672 g/mol. The summed E-state index contributed by atoms with van der Waals surface area (Å²) < 4.78 is 4.13. The Kier molecular flexibility index (Phi) is 6.73. The van der Waals surface area contributed by atoms with Crippen LogP contribution in [0.5, 0.6) is 0 Å². The van der Waals surface area contributed by atoms with Crippen LogP contribution in [0.15, 0.2) is 54.7 Å². The van der Waals surface area contributed by atoms with E-state index in [1.807, 2.05) is 66.7 Å². The normalized spacial score (nSPS) is 21.3. The fraction of sp³-hybridized carbons (Fsp3) is 0.410. The van der Waals surface area contributed by atoms with E-state index in [9.17, 15) is 19.5 Å². The van der Waals surface area contributed by atoms with Crippen LogP contribution in [0.4, 0.5) is 4.79 Å². The van der Waals surface area contributed by atoms with Crippen molar-refractivity contribution in [3.05, 3.63) is 77.0 Å². The third-order valence-corrected chi connectivity index (χ3v) is 11.4. The lowest BCUT2D eigenvalue weighted by Crippen LogP contribution is -2.55. The van der Waals surface area contributed by atoms with Gasteiger partial charge in [-0.25, -0.2) is 14.3 Å². The van der Waals surface area contributed by atoms with E-state index in [2.05, 4.69) is 35.0 Å². The van der Waals surface area contributed by atoms with Gasteiger partial charge >= 0.3 is 6.09 Å². The lowest BCUT2D eigenvalue weighted by atomic mass is 9.98. The number of nitrogens with zero attached hydrogens (tertiary/aromatic N) is 6. The van der Waals surface area contributed by atoms with E-state index >= 15 is 0 Å². The van der Waals surface area contributed by atoms with E-state index in [4.69, 9.17) is 10.1 Å². The number of rotatable bonds is 6. The molecule has 3 atom stereocenters. The molecule has 4 aromatic heterocycles. The maximum Gasteiger partial charge on any atom is 0.408 e. The molecule has 4 aliphatic rings. The number of carbonyl (C=O) groups is 3. The number of fused-ring (bicyclic) bond motifs is 5. The van der Waals surface area contributed by atoms with E-state index < -0.39 is 11.6 Å². The summed E-state index contributed by atoms with van der Waals surface area (Å²) in [6.07, 6.45) is 5.01. The molecule has 11 nitrogen and oxygen atoms in total. The topological polar surface area (TPSA) is 125 Å². The number of amides is 3. The molecule has 50 heavy (non-hydrogen) atoms. The van der Waals surface area contributed by atoms with Gasteiger partial charge in [-0.15, -0.1) is 0 Å².